The van der Waals surface area contributed by atoms with Gasteiger partial charge in [-0.1, -0.05) is 18.1 Å². The van der Waals surface area contributed by atoms with Gasteiger partial charge in [-0.15, -0.1) is 11.5 Å². The summed E-state index contributed by atoms with van der Waals surface area (Å²) in [5, 5.41) is 11.2. The minimum Gasteiger partial charge on any atom is -0.491 e. The summed E-state index contributed by atoms with van der Waals surface area (Å²) in [6.07, 6.45) is 15.7. The minimum absolute atomic E-state index is 0.131. The van der Waals surface area contributed by atoms with Crippen LogP contribution in [0.25, 0.3) is 35.1 Å². The largest absolute Gasteiger partial charge is 0.491 e. The predicted octanol–water partition coefficient (Wildman–Crippen LogP) is 7.69. The molecule has 0 atom stereocenters. The first kappa shape index (κ1) is 34.8. The fraction of sp³-hybridized carbons (Fsp3) is 0.211. The summed E-state index contributed by atoms with van der Waals surface area (Å²) in [7, 11) is 0. The number of benzene rings is 2. The molecule has 2 aromatic carbocycles. The molecule has 0 unspecified atom stereocenters. The first-order valence-electron chi connectivity index (χ1n) is 15.5. The molecule has 0 aliphatic heterocycles. The smallest absolute Gasteiger partial charge is 0.181 e. The summed E-state index contributed by atoms with van der Waals surface area (Å²) >= 11 is 0. The molecule has 0 aliphatic carbocycles. The quantitative estimate of drug-likeness (QED) is 0.168. The van der Waals surface area contributed by atoms with Crippen molar-refractivity contribution in [1.29, 1.82) is 0 Å². The number of nitrogens with zero attached hydrogens (tertiary/aromatic N) is 7. The highest BCUT2D eigenvalue weighted by atomic mass is 16.5. The van der Waals surface area contributed by atoms with Gasteiger partial charge in [-0.25, -0.2) is 19.6 Å². The van der Waals surface area contributed by atoms with Crippen molar-refractivity contribution in [3.05, 3.63) is 120 Å². The van der Waals surface area contributed by atoms with Crippen molar-refractivity contribution in [3.63, 3.8) is 0 Å². The number of terminal acetylenes is 1. The maximum Gasteiger partial charge on any atom is 0.181 e. The van der Waals surface area contributed by atoms with Gasteiger partial charge in [0.2, 0.25) is 0 Å². The first-order valence-corrected chi connectivity index (χ1v) is 15.5. The second kappa shape index (κ2) is 17.6. The lowest BCUT2D eigenvalue weighted by Gasteiger charge is -2.11. The molecule has 4 aromatic heterocycles. The van der Waals surface area contributed by atoms with Crippen LogP contribution in [-0.2, 0) is 0 Å². The Morgan fingerprint density at radius 2 is 1.42 bits per heavy atom. The number of nitrogens with one attached hydrogen (secondary N) is 1. The molecule has 0 bridgehead atoms. The van der Waals surface area contributed by atoms with Gasteiger partial charge < -0.3 is 9.47 Å². The molecule has 0 saturated carbocycles. The van der Waals surface area contributed by atoms with Crippen LogP contribution in [0.5, 0.6) is 11.5 Å². The third-order valence-electron chi connectivity index (χ3n) is 6.20. The molecule has 1 N–H and O–H groups in total. The molecule has 0 saturated heterocycles. The maximum absolute atomic E-state index is 5.78. The second-order valence-electron chi connectivity index (χ2n) is 11.2. The molecule has 0 spiro atoms. The van der Waals surface area contributed by atoms with Crippen LogP contribution in [0, 0.1) is 26.2 Å². The average Bonchev–Trinajstić information content (AvgIpc) is 3.78. The molecule has 6 aromatic rings. The number of hydrogen-bond donors (Lipinski definition) is 1. The van der Waals surface area contributed by atoms with Crippen molar-refractivity contribution in [3.8, 4) is 46.6 Å². The number of aromatic amines is 1. The van der Waals surface area contributed by atoms with E-state index < -0.39 is 0 Å². The zero-order valence-corrected chi connectivity index (χ0v) is 28.1. The SMILES string of the molecule is C#Cc1ccccn1.Cc1cc(OC(C)C)cc(-c2ncn(/C=C\c3ccccn3)n2)c1.Cc1cc(OC(C)C)cc(-c2ncn[nH]2)c1. The number of H-pyrrole nitrogens is 1. The highest BCUT2D eigenvalue weighted by molar-refractivity contribution is 5.61. The van der Waals surface area contributed by atoms with E-state index in [1.54, 1.807) is 29.5 Å². The highest BCUT2D eigenvalue weighted by Crippen LogP contribution is 2.25. The average molecular weight is 641 g/mol. The molecule has 0 radical (unpaired) electrons. The van der Waals surface area contributed by atoms with Gasteiger partial charge in [-0.3, -0.25) is 10.1 Å². The number of pyridine rings is 2. The zero-order valence-electron chi connectivity index (χ0n) is 28.1. The van der Waals surface area contributed by atoms with Gasteiger partial charge in [-0.05, 0) is 119 Å². The van der Waals surface area contributed by atoms with E-state index in [0.717, 1.165) is 45.3 Å². The lowest BCUT2D eigenvalue weighted by Crippen LogP contribution is -2.05. The Hall–Kier alpha value is -6.08. The van der Waals surface area contributed by atoms with Gasteiger partial charge >= 0.3 is 0 Å². The number of ether oxygens (including phenoxy) is 2. The van der Waals surface area contributed by atoms with Gasteiger partial charge in [-0.2, -0.15) is 5.10 Å². The molecule has 0 aliphatic rings. The Kier molecular flexibility index (Phi) is 12.7. The van der Waals surface area contributed by atoms with Crippen molar-refractivity contribution in [2.24, 2.45) is 0 Å². The van der Waals surface area contributed by atoms with Crippen LogP contribution in [0.4, 0.5) is 0 Å². The predicted molar refractivity (Wildman–Crippen MR) is 190 cm³/mol. The summed E-state index contributed by atoms with van der Waals surface area (Å²) in [4.78, 5) is 16.6. The van der Waals surface area contributed by atoms with E-state index in [1.165, 1.54) is 6.33 Å². The van der Waals surface area contributed by atoms with E-state index in [2.05, 4.69) is 47.2 Å². The van der Waals surface area contributed by atoms with E-state index in [1.807, 2.05) is 114 Å². The van der Waals surface area contributed by atoms with Crippen LogP contribution in [0.3, 0.4) is 0 Å². The molecule has 6 rings (SSSR count). The third-order valence-corrected chi connectivity index (χ3v) is 6.20. The lowest BCUT2D eigenvalue weighted by atomic mass is 10.1. The topological polar surface area (TPSA) is 117 Å². The minimum atomic E-state index is 0.131. The number of aryl methyl sites for hydroxylation is 2. The summed E-state index contributed by atoms with van der Waals surface area (Å²) in [6.45, 7) is 12.1. The normalized spacial score (nSPS) is 10.6. The molecular weight excluding hydrogens is 600 g/mol. The Morgan fingerprint density at radius 3 is 1.96 bits per heavy atom. The Labute approximate surface area is 282 Å². The Balaban J connectivity index is 0.000000185. The second-order valence-corrected chi connectivity index (χ2v) is 11.2. The van der Waals surface area contributed by atoms with Crippen LogP contribution in [0.1, 0.15) is 50.2 Å². The first-order chi connectivity index (χ1) is 23.2. The number of rotatable bonds is 8. The summed E-state index contributed by atoms with van der Waals surface area (Å²) in [5.41, 5.74) is 5.75. The van der Waals surface area contributed by atoms with Crippen LogP contribution in [0.2, 0.25) is 0 Å². The summed E-state index contributed by atoms with van der Waals surface area (Å²) in [5.74, 6) is 5.54. The monoisotopic (exact) mass is 640 g/mol. The molecular formula is C38H40N8O2. The van der Waals surface area contributed by atoms with E-state index in [9.17, 15) is 0 Å². The fourth-order valence-electron chi connectivity index (χ4n) is 4.34. The summed E-state index contributed by atoms with van der Waals surface area (Å²) in [6, 6.07) is 23.3. The zero-order chi connectivity index (χ0) is 34.3. The van der Waals surface area contributed by atoms with Crippen molar-refractivity contribution < 1.29 is 9.47 Å². The molecule has 0 amide bonds. The van der Waals surface area contributed by atoms with Crippen LogP contribution < -0.4 is 9.47 Å². The third kappa shape index (κ3) is 11.4. The molecule has 10 heteroatoms. The van der Waals surface area contributed by atoms with Crippen molar-refractivity contribution in [2.75, 3.05) is 0 Å². The number of hydrogen-bond acceptors (Lipinski definition) is 8. The van der Waals surface area contributed by atoms with E-state index in [0.29, 0.717) is 11.5 Å². The van der Waals surface area contributed by atoms with Gasteiger partial charge in [0.15, 0.2) is 11.6 Å². The van der Waals surface area contributed by atoms with E-state index in [4.69, 9.17) is 15.9 Å². The van der Waals surface area contributed by atoms with E-state index >= 15 is 0 Å². The molecule has 0 fully saturated rings. The number of aromatic nitrogens is 8. The van der Waals surface area contributed by atoms with Gasteiger partial charge in [0.05, 0.1) is 17.9 Å². The van der Waals surface area contributed by atoms with Crippen LogP contribution in [-0.4, -0.2) is 52.1 Å². The molecule has 4 heterocycles. The standard InChI is InChI=1S/C19H20N4O.C12H15N3O.C7H5N/c1-14(2)24-18-11-15(3)10-16(12-18)19-21-13-23(22-19)9-7-17-6-4-5-8-20-17;1-8(2)16-11-5-9(3)4-10(6-11)12-13-7-14-15-12;1-2-7-5-3-4-6-8-7/h4-14H,1-3H3;4-8H,1-3H3,(H,13,14,15);1,3-6H/b9-7-;;. The molecule has 48 heavy (non-hydrogen) atoms. The van der Waals surface area contributed by atoms with Gasteiger partial charge in [0.1, 0.15) is 29.8 Å². The van der Waals surface area contributed by atoms with E-state index in [-0.39, 0.29) is 12.2 Å². The fourth-order valence-corrected chi connectivity index (χ4v) is 4.34. The Morgan fingerprint density at radius 1 is 0.771 bits per heavy atom. The van der Waals surface area contributed by atoms with Crippen LogP contribution >= 0.6 is 0 Å². The Bertz CT molecular complexity index is 1910. The maximum atomic E-state index is 5.78. The lowest BCUT2D eigenvalue weighted by molar-refractivity contribution is 0.242. The van der Waals surface area contributed by atoms with Gasteiger partial charge in [0.25, 0.3) is 0 Å². The van der Waals surface area contributed by atoms with Crippen LogP contribution in [0.15, 0.2) is 97.8 Å². The van der Waals surface area contributed by atoms with Gasteiger partial charge in [0, 0.05) is 29.7 Å². The molecule has 244 valence electrons. The summed E-state index contributed by atoms with van der Waals surface area (Å²) < 4.78 is 13.1. The van der Waals surface area contributed by atoms with Crippen molar-refractivity contribution >= 4 is 12.3 Å². The molecule has 10 nitrogen and oxygen atoms in total. The van der Waals surface area contributed by atoms with Crippen molar-refractivity contribution in [2.45, 2.75) is 53.8 Å². The van der Waals surface area contributed by atoms with Crippen molar-refractivity contribution in [1.82, 2.24) is 39.9 Å². The highest BCUT2D eigenvalue weighted by Gasteiger charge is 2.08.